The normalized spacial score (nSPS) is 11.5. The van der Waals surface area contributed by atoms with Crippen molar-refractivity contribution >= 4 is 21.4 Å². The summed E-state index contributed by atoms with van der Waals surface area (Å²) in [5.41, 5.74) is 1.44. The van der Waals surface area contributed by atoms with Crippen molar-refractivity contribution in [2.75, 3.05) is 0 Å². The van der Waals surface area contributed by atoms with E-state index in [1.54, 1.807) is 0 Å². The molecule has 0 unspecified atom stereocenters. The summed E-state index contributed by atoms with van der Waals surface area (Å²) in [7, 11) is 0. The van der Waals surface area contributed by atoms with Crippen molar-refractivity contribution in [3.05, 3.63) is 47.4 Å². The van der Waals surface area contributed by atoms with E-state index in [1.807, 2.05) is 11.3 Å². The molecule has 1 aromatic heterocycles. The third-order valence-corrected chi connectivity index (χ3v) is 3.15. The van der Waals surface area contributed by atoms with Crippen LogP contribution in [0.15, 0.2) is 41.8 Å². The molecule has 0 saturated carbocycles. The highest BCUT2D eigenvalue weighted by Gasteiger charge is 1.99. The molecule has 0 saturated heterocycles. The molecule has 66 valence electrons. The second-order valence-corrected chi connectivity index (χ2v) is 3.94. The Bertz CT molecular complexity index is 423. The lowest BCUT2D eigenvalue weighted by Crippen LogP contribution is -1.75. The van der Waals surface area contributed by atoms with Gasteiger partial charge in [-0.05, 0) is 35.7 Å². The molecular formula is C12H12S. The van der Waals surface area contributed by atoms with Gasteiger partial charge in [0.05, 0.1) is 0 Å². The van der Waals surface area contributed by atoms with Crippen LogP contribution in [0.5, 0.6) is 0 Å². The molecule has 0 bridgehead atoms. The molecule has 0 aliphatic carbocycles. The van der Waals surface area contributed by atoms with Gasteiger partial charge in [-0.1, -0.05) is 30.4 Å². The topological polar surface area (TPSA) is 0 Å². The van der Waals surface area contributed by atoms with Gasteiger partial charge in [0.15, 0.2) is 0 Å². The van der Waals surface area contributed by atoms with E-state index in [0.29, 0.717) is 0 Å². The van der Waals surface area contributed by atoms with E-state index in [4.69, 9.17) is 0 Å². The molecule has 0 aliphatic rings. The molecule has 0 amide bonds. The van der Waals surface area contributed by atoms with E-state index in [9.17, 15) is 0 Å². The lowest BCUT2D eigenvalue weighted by atomic mass is 10.1. The molecule has 0 nitrogen and oxygen atoms in total. The number of allylic oxidation sites excluding steroid dienone is 2. The number of hydrogen-bond acceptors (Lipinski definition) is 1. The van der Waals surface area contributed by atoms with Gasteiger partial charge in [-0.25, -0.2) is 0 Å². The third-order valence-electron chi connectivity index (χ3n) is 2.13. The molecule has 2 rings (SSSR count). The van der Waals surface area contributed by atoms with Crippen molar-refractivity contribution in [3.8, 4) is 0 Å². The first-order valence-electron chi connectivity index (χ1n) is 4.48. The molecule has 1 heteroatoms. The standard InChI is InChI=1S/C12H12S/c1-2-3-6-10-9-13-12-8-5-4-7-11(10)12/h2-5,7-9H,6H2,1H3/b3-2+. The number of hydrogen-bond donors (Lipinski definition) is 0. The van der Waals surface area contributed by atoms with Gasteiger partial charge in [0.25, 0.3) is 0 Å². The van der Waals surface area contributed by atoms with Crippen LogP contribution in [-0.4, -0.2) is 0 Å². The molecule has 13 heavy (non-hydrogen) atoms. The minimum atomic E-state index is 1.06. The molecule has 0 fully saturated rings. The van der Waals surface area contributed by atoms with E-state index >= 15 is 0 Å². The minimum Gasteiger partial charge on any atom is -0.144 e. The lowest BCUT2D eigenvalue weighted by molar-refractivity contribution is 1.31. The summed E-state index contributed by atoms with van der Waals surface area (Å²) >= 11 is 1.83. The fourth-order valence-electron chi connectivity index (χ4n) is 1.44. The number of benzene rings is 1. The Morgan fingerprint density at radius 1 is 1.31 bits per heavy atom. The van der Waals surface area contributed by atoms with Gasteiger partial charge in [-0.15, -0.1) is 11.3 Å². The Hall–Kier alpha value is -1.08. The van der Waals surface area contributed by atoms with Crippen molar-refractivity contribution in [2.24, 2.45) is 0 Å². The predicted octanol–water partition coefficient (Wildman–Crippen LogP) is 4.02. The highest BCUT2D eigenvalue weighted by molar-refractivity contribution is 7.17. The zero-order chi connectivity index (χ0) is 9.10. The summed E-state index contributed by atoms with van der Waals surface area (Å²) in [5.74, 6) is 0. The minimum absolute atomic E-state index is 1.06. The summed E-state index contributed by atoms with van der Waals surface area (Å²) in [6.07, 6.45) is 5.36. The Labute approximate surface area is 82.5 Å². The van der Waals surface area contributed by atoms with Gasteiger partial charge in [-0.3, -0.25) is 0 Å². The summed E-state index contributed by atoms with van der Waals surface area (Å²) in [4.78, 5) is 0. The molecule has 2 aromatic rings. The Balaban J connectivity index is 2.45. The second kappa shape index (κ2) is 3.75. The molecule has 0 N–H and O–H groups in total. The molecule has 1 aromatic carbocycles. The average Bonchev–Trinajstić information content (AvgIpc) is 2.58. The number of fused-ring (bicyclic) bond motifs is 1. The van der Waals surface area contributed by atoms with Gasteiger partial charge >= 0.3 is 0 Å². The maximum absolute atomic E-state index is 2.25. The summed E-state index contributed by atoms with van der Waals surface area (Å²) in [5, 5.41) is 3.66. The Morgan fingerprint density at radius 3 is 3.00 bits per heavy atom. The first-order valence-corrected chi connectivity index (χ1v) is 5.36. The summed E-state index contributed by atoms with van der Waals surface area (Å²) in [6, 6.07) is 8.58. The maximum Gasteiger partial charge on any atom is 0.0345 e. The first kappa shape index (κ1) is 8.52. The van der Waals surface area contributed by atoms with E-state index in [2.05, 4.69) is 48.7 Å². The number of thiophene rings is 1. The third kappa shape index (κ3) is 1.65. The molecule has 0 radical (unpaired) electrons. The van der Waals surface area contributed by atoms with Crippen molar-refractivity contribution in [2.45, 2.75) is 13.3 Å². The van der Waals surface area contributed by atoms with Gasteiger partial charge in [0.2, 0.25) is 0 Å². The zero-order valence-corrected chi connectivity index (χ0v) is 8.47. The van der Waals surface area contributed by atoms with Crippen molar-refractivity contribution in [1.29, 1.82) is 0 Å². The Morgan fingerprint density at radius 2 is 2.15 bits per heavy atom. The van der Waals surface area contributed by atoms with Crippen LogP contribution in [0.3, 0.4) is 0 Å². The fraction of sp³-hybridized carbons (Fsp3) is 0.167. The maximum atomic E-state index is 2.25. The number of rotatable bonds is 2. The van der Waals surface area contributed by atoms with Crippen LogP contribution < -0.4 is 0 Å². The fourth-order valence-corrected chi connectivity index (χ4v) is 2.41. The summed E-state index contributed by atoms with van der Waals surface area (Å²) < 4.78 is 1.39. The van der Waals surface area contributed by atoms with Crippen LogP contribution in [-0.2, 0) is 6.42 Å². The van der Waals surface area contributed by atoms with Crippen molar-refractivity contribution in [1.82, 2.24) is 0 Å². The van der Waals surface area contributed by atoms with Crippen LogP contribution in [0.4, 0.5) is 0 Å². The average molecular weight is 188 g/mol. The van der Waals surface area contributed by atoms with Crippen LogP contribution in [0.1, 0.15) is 12.5 Å². The van der Waals surface area contributed by atoms with Gasteiger partial charge in [-0.2, -0.15) is 0 Å². The van der Waals surface area contributed by atoms with Gasteiger partial charge in [0.1, 0.15) is 0 Å². The van der Waals surface area contributed by atoms with E-state index in [0.717, 1.165) is 6.42 Å². The van der Waals surface area contributed by atoms with Crippen molar-refractivity contribution in [3.63, 3.8) is 0 Å². The lowest BCUT2D eigenvalue weighted by Gasteiger charge is -1.92. The van der Waals surface area contributed by atoms with Crippen molar-refractivity contribution < 1.29 is 0 Å². The van der Waals surface area contributed by atoms with Crippen LogP contribution in [0, 0.1) is 0 Å². The zero-order valence-electron chi connectivity index (χ0n) is 7.66. The molecule has 0 atom stereocenters. The van der Waals surface area contributed by atoms with Gasteiger partial charge in [0, 0.05) is 4.70 Å². The quantitative estimate of drug-likeness (QED) is 0.624. The first-order chi connectivity index (χ1) is 6.42. The monoisotopic (exact) mass is 188 g/mol. The van der Waals surface area contributed by atoms with E-state index in [1.165, 1.54) is 15.6 Å². The SMILES string of the molecule is C/C=C/Cc1csc2ccccc12. The van der Waals surface area contributed by atoms with Crippen LogP contribution in [0.25, 0.3) is 10.1 Å². The molecule has 1 heterocycles. The van der Waals surface area contributed by atoms with E-state index in [-0.39, 0.29) is 0 Å². The highest BCUT2D eigenvalue weighted by Crippen LogP contribution is 2.25. The summed E-state index contributed by atoms with van der Waals surface area (Å²) in [6.45, 7) is 2.06. The molecular weight excluding hydrogens is 176 g/mol. The molecule has 0 aliphatic heterocycles. The van der Waals surface area contributed by atoms with Crippen LogP contribution in [0.2, 0.25) is 0 Å². The van der Waals surface area contributed by atoms with E-state index < -0.39 is 0 Å². The van der Waals surface area contributed by atoms with Crippen LogP contribution >= 0.6 is 11.3 Å². The highest BCUT2D eigenvalue weighted by atomic mass is 32.1. The smallest absolute Gasteiger partial charge is 0.0345 e. The largest absolute Gasteiger partial charge is 0.144 e. The Kier molecular flexibility index (Phi) is 2.46. The molecule has 0 spiro atoms. The van der Waals surface area contributed by atoms with Gasteiger partial charge < -0.3 is 0 Å². The second-order valence-electron chi connectivity index (χ2n) is 3.03. The predicted molar refractivity (Wildman–Crippen MR) is 60.3 cm³/mol.